The van der Waals surface area contributed by atoms with Gasteiger partial charge in [0.25, 0.3) is 5.91 Å². The number of piperidine rings is 1. The van der Waals surface area contributed by atoms with Gasteiger partial charge in [-0.2, -0.15) is 5.10 Å². The Morgan fingerprint density at radius 3 is 2.42 bits per heavy atom. The summed E-state index contributed by atoms with van der Waals surface area (Å²) in [6.07, 6.45) is 2.05. The maximum Gasteiger partial charge on any atom is 0.257 e. The summed E-state index contributed by atoms with van der Waals surface area (Å²) in [5, 5.41) is 6.49. The molecule has 1 unspecified atom stereocenters. The van der Waals surface area contributed by atoms with Gasteiger partial charge in [-0.3, -0.25) is 14.5 Å². The van der Waals surface area contributed by atoms with Crippen molar-refractivity contribution in [2.24, 2.45) is 16.8 Å². The Morgan fingerprint density at radius 1 is 1.09 bits per heavy atom. The number of carbonyl (C=O) groups excluding carboxylic acids is 2. The molecule has 4 rings (SSSR count). The molecule has 0 saturated carbocycles. The maximum absolute atomic E-state index is 13.4. The molecule has 1 atom stereocenters. The largest absolute Gasteiger partial charge is 0.497 e. The Balaban J connectivity index is 1.57. The number of nitrogens with two attached hydrogens (primary N) is 1. The summed E-state index contributed by atoms with van der Waals surface area (Å²) in [4.78, 5) is 27.0. The van der Waals surface area contributed by atoms with Gasteiger partial charge in [0.05, 0.1) is 25.4 Å². The minimum atomic E-state index is -0.247. The van der Waals surface area contributed by atoms with Crippen LogP contribution in [0.5, 0.6) is 5.75 Å². The third-order valence-corrected chi connectivity index (χ3v) is 6.72. The van der Waals surface area contributed by atoms with Crippen LogP contribution < -0.4 is 10.5 Å². The smallest absolute Gasteiger partial charge is 0.257 e. The molecular weight excluding hydrogens is 416 g/mol. The van der Waals surface area contributed by atoms with Crippen molar-refractivity contribution in [1.29, 1.82) is 0 Å². The van der Waals surface area contributed by atoms with Gasteiger partial charge in [0.15, 0.2) is 0 Å². The van der Waals surface area contributed by atoms with Gasteiger partial charge >= 0.3 is 0 Å². The SMILES string of the molecule is COc1ccc(C2CC(c3cc(C)ccc3C)=NN2C(=O)CN2CCC(C(N)=O)CC2)cc1. The van der Waals surface area contributed by atoms with Gasteiger partial charge in [0, 0.05) is 17.9 Å². The fourth-order valence-corrected chi connectivity index (χ4v) is 4.67. The molecule has 2 aliphatic rings. The topological polar surface area (TPSA) is 88.2 Å². The quantitative estimate of drug-likeness (QED) is 0.735. The predicted molar refractivity (Wildman–Crippen MR) is 128 cm³/mol. The van der Waals surface area contributed by atoms with Gasteiger partial charge in [0.1, 0.15) is 5.75 Å². The van der Waals surface area contributed by atoms with Crippen LogP contribution in [-0.2, 0) is 9.59 Å². The number of ether oxygens (including phenoxy) is 1. The van der Waals surface area contributed by atoms with Crippen LogP contribution in [0, 0.1) is 19.8 Å². The van der Waals surface area contributed by atoms with Crippen LogP contribution in [0.1, 0.15) is 47.6 Å². The lowest BCUT2D eigenvalue weighted by atomic mass is 9.95. The molecule has 0 radical (unpaired) electrons. The van der Waals surface area contributed by atoms with Crippen molar-refractivity contribution in [3.8, 4) is 5.75 Å². The molecule has 7 heteroatoms. The van der Waals surface area contributed by atoms with Crippen LogP contribution in [0.25, 0.3) is 0 Å². The highest BCUT2D eigenvalue weighted by Crippen LogP contribution is 2.34. The Bertz CT molecular complexity index is 1060. The molecule has 174 valence electrons. The van der Waals surface area contributed by atoms with Gasteiger partial charge in [-0.25, -0.2) is 5.01 Å². The predicted octanol–water partition coefficient (Wildman–Crippen LogP) is 3.19. The first-order chi connectivity index (χ1) is 15.9. The number of methoxy groups -OCH3 is 1. The van der Waals surface area contributed by atoms with Crippen LogP contribution in [0.2, 0.25) is 0 Å². The monoisotopic (exact) mass is 448 g/mol. The molecule has 1 fully saturated rings. The molecule has 2 aliphatic heterocycles. The van der Waals surface area contributed by atoms with E-state index in [1.54, 1.807) is 12.1 Å². The summed E-state index contributed by atoms with van der Waals surface area (Å²) >= 11 is 0. The Morgan fingerprint density at radius 2 is 1.79 bits per heavy atom. The second kappa shape index (κ2) is 9.75. The Kier molecular flexibility index (Phi) is 6.79. The zero-order valence-corrected chi connectivity index (χ0v) is 19.6. The van der Waals surface area contributed by atoms with Crippen LogP contribution in [-0.4, -0.2) is 54.2 Å². The van der Waals surface area contributed by atoms with Crippen LogP contribution in [0.4, 0.5) is 0 Å². The molecular formula is C26H32N4O3. The maximum atomic E-state index is 13.4. The number of nitrogens with zero attached hydrogens (tertiary/aromatic N) is 3. The number of carbonyl (C=O) groups is 2. The first kappa shape index (κ1) is 23.0. The molecule has 0 bridgehead atoms. The van der Waals surface area contributed by atoms with Crippen LogP contribution >= 0.6 is 0 Å². The van der Waals surface area contributed by atoms with E-state index in [1.807, 2.05) is 24.3 Å². The van der Waals surface area contributed by atoms with Crippen molar-refractivity contribution in [3.63, 3.8) is 0 Å². The summed E-state index contributed by atoms with van der Waals surface area (Å²) < 4.78 is 5.30. The highest BCUT2D eigenvalue weighted by Gasteiger charge is 2.35. The van der Waals surface area contributed by atoms with Gasteiger partial charge in [-0.15, -0.1) is 0 Å². The second-order valence-corrected chi connectivity index (χ2v) is 9.05. The van der Waals surface area contributed by atoms with E-state index in [2.05, 4.69) is 36.9 Å². The van der Waals surface area contributed by atoms with Crippen LogP contribution in [0.3, 0.4) is 0 Å². The molecule has 33 heavy (non-hydrogen) atoms. The fraction of sp³-hybridized carbons (Fsp3) is 0.423. The number of benzene rings is 2. The number of primary amides is 1. The third kappa shape index (κ3) is 5.09. The minimum Gasteiger partial charge on any atom is -0.497 e. The van der Waals surface area contributed by atoms with E-state index in [9.17, 15) is 9.59 Å². The summed E-state index contributed by atoms with van der Waals surface area (Å²) in [5.74, 6) is 0.406. The van der Waals surface area contributed by atoms with Gasteiger partial charge in [-0.1, -0.05) is 29.8 Å². The van der Waals surface area contributed by atoms with Crippen molar-refractivity contribution < 1.29 is 14.3 Å². The average molecular weight is 449 g/mol. The van der Waals surface area contributed by atoms with E-state index in [0.717, 1.165) is 28.2 Å². The van der Waals surface area contributed by atoms with Gasteiger partial charge in [-0.05, 0) is 69.1 Å². The standard InChI is InChI=1S/C26H32N4O3/c1-17-4-5-18(2)22(14-17)23-15-24(19-6-8-21(33-3)9-7-19)30(28-23)25(31)16-29-12-10-20(11-13-29)26(27)32/h4-9,14,20,24H,10-13,15-16H2,1-3H3,(H2,27,32). The highest BCUT2D eigenvalue weighted by molar-refractivity contribution is 6.04. The lowest BCUT2D eigenvalue weighted by molar-refractivity contribution is -0.134. The van der Waals surface area contributed by atoms with E-state index in [-0.39, 0.29) is 30.3 Å². The molecule has 0 spiro atoms. The molecule has 2 N–H and O–H groups in total. The van der Waals surface area contributed by atoms with E-state index >= 15 is 0 Å². The first-order valence-corrected chi connectivity index (χ1v) is 11.5. The van der Waals surface area contributed by atoms with E-state index in [4.69, 9.17) is 15.6 Å². The summed E-state index contributed by atoms with van der Waals surface area (Å²) in [6, 6.07) is 14.0. The number of rotatable bonds is 6. The van der Waals surface area contributed by atoms with Gasteiger partial charge in [0.2, 0.25) is 5.91 Å². The second-order valence-electron chi connectivity index (χ2n) is 9.05. The highest BCUT2D eigenvalue weighted by atomic mass is 16.5. The van der Waals surface area contributed by atoms with Crippen molar-refractivity contribution in [2.45, 2.75) is 39.2 Å². The lowest BCUT2D eigenvalue weighted by Crippen LogP contribution is -2.43. The minimum absolute atomic E-state index is 0.0337. The number of aryl methyl sites for hydroxylation is 2. The van der Waals surface area contributed by atoms with Crippen molar-refractivity contribution in [3.05, 3.63) is 64.7 Å². The van der Waals surface area contributed by atoms with Gasteiger partial charge < -0.3 is 10.5 Å². The zero-order chi connectivity index (χ0) is 23.5. The Hall–Kier alpha value is -3.19. The Labute approximate surface area is 195 Å². The van der Waals surface area contributed by atoms with E-state index in [1.165, 1.54) is 5.56 Å². The van der Waals surface area contributed by atoms with Crippen molar-refractivity contribution in [1.82, 2.24) is 9.91 Å². The summed E-state index contributed by atoms with van der Waals surface area (Å²) in [6.45, 7) is 5.80. The number of hydrogen-bond donors (Lipinski definition) is 1. The summed E-state index contributed by atoms with van der Waals surface area (Å²) in [7, 11) is 1.64. The van der Waals surface area contributed by atoms with E-state index < -0.39 is 0 Å². The number of hydrazone groups is 1. The molecule has 2 aromatic carbocycles. The first-order valence-electron chi connectivity index (χ1n) is 11.5. The molecule has 0 aliphatic carbocycles. The number of likely N-dealkylation sites (tertiary alicyclic amines) is 1. The molecule has 1 saturated heterocycles. The van der Waals surface area contributed by atoms with Crippen molar-refractivity contribution >= 4 is 17.5 Å². The molecule has 2 heterocycles. The van der Waals surface area contributed by atoms with E-state index in [0.29, 0.717) is 32.4 Å². The zero-order valence-electron chi connectivity index (χ0n) is 19.6. The average Bonchev–Trinajstić information content (AvgIpc) is 3.26. The molecule has 7 nitrogen and oxygen atoms in total. The third-order valence-electron chi connectivity index (χ3n) is 6.72. The number of hydrogen-bond acceptors (Lipinski definition) is 5. The fourth-order valence-electron chi connectivity index (χ4n) is 4.67. The summed E-state index contributed by atoms with van der Waals surface area (Å²) in [5.41, 5.74) is 10.8. The van der Waals surface area contributed by atoms with Crippen molar-refractivity contribution in [2.75, 3.05) is 26.7 Å². The molecule has 2 amide bonds. The van der Waals surface area contributed by atoms with Crippen LogP contribution in [0.15, 0.2) is 47.6 Å². The lowest BCUT2D eigenvalue weighted by Gasteiger charge is -2.31. The molecule has 0 aromatic heterocycles. The number of amides is 2. The molecule has 2 aromatic rings. The normalized spacial score (nSPS) is 19.4.